The highest BCUT2D eigenvalue weighted by Crippen LogP contribution is 2.27. The summed E-state index contributed by atoms with van der Waals surface area (Å²) >= 11 is 0. The molecule has 1 aliphatic carbocycles. The number of carbonyl (C=O) groups is 3. The molecule has 1 atom stereocenters. The summed E-state index contributed by atoms with van der Waals surface area (Å²) in [5.41, 5.74) is 0.204. The van der Waals surface area contributed by atoms with Gasteiger partial charge >= 0.3 is 0 Å². The number of amides is 3. The first-order chi connectivity index (χ1) is 16.3. The molecule has 0 spiro atoms. The van der Waals surface area contributed by atoms with Crippen molar-refractivity contribution >= 4 is 17.7 Å². The molecular weight excluding hydrogens is 434 g/mol. The number of aromatic nitrogens is 2. The second-order valence-electron chi connectivity index (χ2n) is 9.24. The van der Waals surface area contributed by atoms with Crippen LogP contribution in [0.4, 0.5) is 0 Å². The highest BCUT2D eigenvalue weighted by molar-refractivity contribution is 6.01. The van der Waals surface area contributed by atoms with Gasteiger partial charge in [0.25, 0.3) is 11.8 Å². The zero-order valence-electron chi connectivity index (χ0n) is 20.1. The number of para-hydroxylation sites is 1. The first-order valence-electron chi connectivity index (χ1n) is 12.0. The number of benzene rings is 1. The molecule has 2 heterocycles. The SMILES string of the molecule is CCOc1ccccc1CNC(=O)c1cc2n(n1)C[C@](C)(C(=O)NC1CCCCC1)N(C)C2=O. The van der Waals surface area contributed by atoms with E-state index in [9.17, 15) is 14.4 Å². The summed E-state index contributed by atoms with van der Waals surface area (Å²) in [4.78, 5) is 40.6. The van der Waals surface area contributed by atoms with Gasteiger partial charge in [-0.2, -0.15) is 5.10 Å². The van der Waals surface area contributed by atoms with Crippen LogP contribution < -0.4 is 15.4 Å². The summed E-state index contributed by atoms with van der Waals surface area (Å²) in [7, 11) is 1.63. The Morgan fingerprint density at radius 2 is 1.94 bits per heavy atom. The van der Waals surface area contributed by atoms with Crippen LogP contribution in [0.3, 0.4) is 0 Å². The van der Waals surface area contributed by atoms with Gasteiger partial charge in [0, 0.05) is 31.3 Å². The zero-order valence-corrected chi connectivity index (χ0v) is 20.1. The number of nitrogens with one attached hydrogen (secondary N) is 2. The van der Waals surface area contributed by atoms with E-state index >= 15 is 0 Å². The number of likely N-dealkylation sites (N-methyl/N-ethyl adjacent to an activating group) is 1. The predicted molar refractivity (Wildman–Crippen MR) is 127 cm³/mol. The van der Waals surface area contributed by atoms with E-state index in [0.29, 0.717) is 18.1 Å². The maximum absolute atomic E-state index is 13.2. The Bertz CT molecular complexity index is 1080. The Labute approximate surface area is 199 Å². The van der Waals surface area contributed by atoms with E-state index in [1.807, 2.05) is 31.2 Å². The Kier molecular flexibility index (Phi) is 6.90. The van der Waals surface area contributed by atoms with E-state index < -0.39 is 11.4 Å². The zero-order chi connectivity index (χ0) is 24.3. The van der Waals surface area contributed by atoms with Crippen molar-refractivity contribution in [3.63, 3.8) is 0 Å². The highest BCUT2D eigenvalue weighted by atomic mass is 16.5. The van der Waals surface area contributed by atoms with Gasteiger partial charge in [-0.05, 0) is 32.8 Å². The van der Waals surface area contributed by atoms with Crippen molar-refractivity contribution in [2.45, 2.75) is 70.6 Å². The summed E-state index contributed by atoms with van der Waals surface area (Å²) < 4.78 is 7.09. The smallest absolute Gasteiger partial charge is 0.272 e. The molecule has 4 rings (SSSR count). The summed E-state index contributed by atoms with van der Waals surface area (Å²) in [6.45, 7) is 4.64. The molecule has 1 aliphatic heterocycles. The topological polar surface area (TPSA) is 106 Å². The Hall–Kier alpha value is -3.36. The molecule has 1 fully saturated rings. The second kappa shape index (κ2) is 9.87. The number of rotatable bonds is 7. The Morgan fingerprint density at radius 1 is 1.21 bits per heavy atom. The van der Waals surface area contributed by atoms with Crippen LogP contribution in [-0.2, 0) is 17.9 Å². The van der Waals surface area contributed by atoms with Crippen LogP contribution in [-0.4, -0.2) is 57.6 Å². The maximum atomic E-state index is 13.2. The van der Waals surface area contributed by atoms with E-state index in [2.05, 4.69) is 15.7 Å². The van der Waals surface area contributed by atoms with Crippen LogP contribution in [0.1, 0.15) is 72.5 Å². The molecule has 2 N–H and O–H groups in total. The van der Waals surface area contributed by atoms with Gasteiger partial charge in [-0.1, -0.05) is 37.5 Å². The van der Waals surface area contributed by atoms with Gasteiger partial charge in [-0.3, -0.25) is 19.1 Å². The molecule has 9 heteroatoms. The predicted octanol–water partition coefficient (Wildman–Crippen LogP) is 2.50. The summed E-state index contributed by atoms with van der Waals surface area (Å²) in [5.74, 6) is -0.196. The number of hydrogen-bond donors (Lipinski definition) is 2. The monoisotopic (exact) mass is 467 g/mol. The lowest BCUT2D eigenvalue weighted by Crippen LogP contribution is -2.63. The van der Waals surface area contributed by atoms with Gasteiger partial charge in [-0.25, -0.2) is 0 Å². The Morgan fingerprint density at radius 3 is 2.68 bits per heavy atom. The van der Waals surface area contributed by atoms with Gasteiger partial charge in [-0.15, -0.1) is 0 Å². The van der Waals surface area contributed by atoms with Crippen LogP contribution in [0.25, 0.3) is 0 Å². The molecule has 2 aromatic rings. The molecular formula is C25H33N5O4. The van der Waals surface area contributed by atoms with Crippen molar-refractivity contribution in [3.8, 4) is 5.75 Å². The van der Waals surface area contributed by atoms with Crippen molar-refractivity contribution in [2.24, 2.45) is 0 Å². The van der Waals surface area contributed by atoms with Crippen LogP contribution >= 0.6 is 0 Å². The minimum absolute atomic E-state index is 0.140. The Balaban J connectivity index is 1.47. The third kappa shape index (κ3) is 4.64. The number of hydrogen-bond acceptors (Lipinski definition) is 5. The fourth-order valence-corrected chi connectivity index (χ4v) is 4.64. The molecule has 2 aliphatic rings. The number of fused-ring (bicyclic) bond motifs is 1. The number of nitrogens with zero attached hydrogens (tertiary/aromatic N) is 3. The largest absolute Gasteiger partial charge is 0.494 e. The van der Waals surface area contributed by atoms with Gasteiger partial charge in [0.1, 0.15) is 17.0 Å². The normalized spacial score (nSPS) is 20.6. The van der Waals surface area contributed by atoms with Crippen molar-refractivity contribution in [2.75, 3.05) is 13.7 Å². The van der Waals surface area contributed by atoms with Crippen molar-refractivity contribution < 1.29 is 19.1 Å². The minimum atomic E-state index is -1.09. The van der Waals surface area contributed by atoms with E-state index in [-0.39, 0.29) is 36.6 Å². The fraction of sp³-hybridized carbons (Fsp3) is 0.520. The van der Waals surface area contributed by atoms with Crippen molar-refractivity contribution in [1.29, 1.82) is 0 Å². The number of ether oxygens (including phenoxy) is 1. The molecule has 1 aromatic heterocycles. The molecule has 182 valence electrons. The highest BCUT2D eigenvalue weighted by Gasteiger charge is 2.46. The fourth-order valence-electron chi connectivity index (χ4n) is 4.64. The van der Waals surface area contributed by atoms with Gasteiger partial charge in [0.2, 0.25) is 5.91 Å². The van der Waals surface area contributed by atoms with Crippen LogP contribution in [0.2, 0.25) is 0 Å². The molecule has 0 unspecified atom stereocenters. The van der Waals surface area contributed by atoms with E-state index in [1.54, 1.807) is 14.0 Å². The van der Waals surface area contributed by atoms with E-state index in [1.165, 1.54) is 22.1 Å². The standard InChI is InChI=1S/C25H33N5O4/c1-4-34-21-13-9-8-10-17(21)15-26-22(31)19-14-20-23(32)29(3)25(2,16-30(20)28-19)24(33)27-18-11-6-5-7-12-18/h8-10,13-14,18H,4-7,11-12,15-16H2,1-3H3,(H,26,31)(H,27,33)/t25-/m1/s1. The average molecular weight is 468 g/mol. The molecule has 0 bridgehead atoms. The van der Waals surface area contributed by atoms with Crippen LogP contribution in [0, 0.1) is 0 Å². The first-order valence-corrected chi connectivity index (χ1v) is 12.0. The van der Waals surface area contributed by atoms with Gasteiger partial charge in [0.05, 0.1) is 13.2 Å². The summed E-state index contributed by atoms with van der Waals surface area (Å²) in [5, 5.41) is 10.4. The average Bonchev–Trinajstić information content (AvgIpc) is 3.26. The van der Waals surface area contributed by atoms with Crippen molar-refractivity contribution in [1.82, 2.24) is 25.3 Å². The molecule has 1 saturated carbocycles. The lowest BCUT2D eigenvalue weighted by Gasteiger charge is -2.41. The second-order valence-corrected chi connectivity index (χ2v) is 9.24. The third-order valence-corrected chi connectivity index (χ3v) is 6.88. The molecule has 1 aromatic carbocycles. The quantitative estimate of drug-likeness (QED) is 0.651. The summed E-state index contributed by atoms with van der Waals surface area (Å²) in [6.07, 6.45) is 5.33. The molecule has 9 nitrogen and oxygen atoms in total. The van der Waals surface area contributed by atoms with E-state index in [0.717, 1.165) is 31.2 Å². The van der Waals surface area contributed by atoms with Crippen LogP contribution in [0.15, 0.2) is 30.3 Å². The lowest BCUT2D eigenvalue weighted by molar-refractivity contribution is -0.133. The molecule has 3 amide bonds. The van der Waals surface area contributed by atoms with Crippen LogP contribution in [0.5, 0.6) is 5.75 Å². The van der Waals surface area contributed by atoms with Crippen molar-refractivity contribution in [3.05, 3.63) is 47.3 Å². The minimum Gasteiger partial charge on any atom is -0.494 e. The number of carbonyl (C=O) groups excluding carboxylic acids is 3. The molecule has 0 saturated heterocycles. The third-order valence-electron chi connectivity index (χ3n) is 6.88. The maximum Gasteiger partial charge on any atom is 0.272 e. The first kappa shape index (κ1) is 23.8. The van der Waals surface area contributed by atoms with Gasteiger partial charge < -0.3 is 20.3 Å². The molecule has 34 heavy (non-hydrogen) atoms. The lowest BCUT2D eigenvalue weighted by atomic mass is 9.92. The summed E-state index contributed by atoms with van der Waals surface area (Å²) in [6, 6.07) is 9.13. The van der Waals surface area contributed by atoms with E-state index in [4.69, 9.17) is 4.74 Å². The van der Waals surface area contributed by atoms with Gasteiger partial charge in [0.15, 0.2) is 5.69 Å². The molecule has 0 radical (unpaired) electrons.